The number of pyridine rings is 3. The van der Waals surface area contributed by atoms with E-state index in [0.29, 0.717) is 11.4 Å². The normalized spacial score (nSPS) is 11.2. The van der Waals surface area contributed by atoms with Gasteiger partial charge in [-0.05, 0) is 101 Å². The van der Waals surface area contributed by atoms with Crippen LogP contribution in [0.1, 0.15) is 20.7 Å². The van der Waals surface area contributed by atoms with E-state index in [2.05, 4.69) is 92.6 Å². The lowest BCUT2D eigenvalue weighted by Gasteiger charge is -2.23. The van der Waals surface area contributed by atoms with Crippen LogP contribution in [-0.4, -0.2) is 37.1 Å². The second kappa shape index (κ2) is 12.4. The van der Waals surface area contributed by atoms with Crippen molar-refractivity contribution in [1.29, 1.82) is 0 Å². The van der Waals surface area contributed by atoms with Gasteiger partial charge in [-0.1, -0.05) is 36.4 Å². The van der Waals surface area contributed by atoms with Gasteiger partial charge in [-0.15, -0.1) is 22.7 Å². The number of carboxylic acid groups (broad SMARTS) is 2. The third kappa shape index (κ3) is 5.91. The fraction of sp³-hybridized carbons (Fsp3) is 0. The molecule has 0 fully saturated rings. The molecular formula is C39H24N4O4S2. The van der Waals surface area contributed by atoms with Crippen LogP contribution in [0.3, 0.4) is 0 Å². The van der Waals surface area contributed by atoms with E-state index in [1.54, 1.807) is 28.9 Å². The molecule has 5 heterocycles. The van der Waals surface area contributed by atoms with Gasteiger partial charge in [-0.2, -0.15) is 0 Å². The first kappa shape index (κ1) is 30.1. The molecule has 0 atom stereocenters. The van der Waals surface area contributed by atoms with Crippen molar-refractivity contribution in [3.8, 4) is 33.2 Å². The second-order valence-electron chi connectivity index (χ2n) is 11.2. The number of aromatic carboxylic acids is 2. The van der Waals surface area contributed by atoms with Gasteiger partial charge in [0.25, 0.3) is 0 Å². The molecular weight excluding hydrogens is 653 g/mol. The Morgan fingerprint density at radius 1 is 0.551 bits per heavy atom. The molecule has 0 bridgehead atoms. The first-order valence-corrected chi connectivity index (χ1v) is 16.8. The highest BCUT2D eigenvalue weighted by Crippen LogP contribution is 2.44. The largest absolute Gasteiger partial charge is 0.478 e. The molecule has 236 valence electrons. The van der Waals surface area contributed by atoms with E-state index >= 15 is 0 Å². The summed E-state index contributed by atoms with van der Waals surface area (Å²) in [4.78, 5) is 40.3. The molecule has 0 spiro atoms. The van der Waals surface area contributed by atoms with Gasteiger partial charge in [-0.25, -0.2) is 14.6 Å². The molecule has 0 aliphatic carbocycles. The molecule has 5 aromatic heterocycles. The van der Waals surface area contributed by atoms with E-state index < -0.39 is 11.9 Å². The zero-order valence-electron chi connectivity index (χ0n) is 25.5. The highest BCUT2D eigenvalue weighted by Gasteiger charge is 2.18. The van der Waals surface area contributed by atoms with Crippen molar-refractivity contribution in [3.05, 3.63) is 145 Å². The summed E-state index contributed by atoms with van der Waals surface area (Å²) in [6.45, 7) is 0. The van der Waals surface area contributed by atoms with Crippen molar-refractivity contribution in [3.63, 3.8) is 0 Å². The summed E-state index contributed by atoms with van der Waals surface area (Å²) >= 11 is 3.42. The van der Waals surface area contributed by atoms with Crippen molar-refractivity contribution in [2.45, 2.75) is 0 Å². The Balaban J connectivity index is 1.16. The smallest absolute Gasteiger partial charge is 0.335 e. The van der Waals surface area contributed by atoms with Crippen LogP contribution in [0, 0.1) is 0 Å². The number of hydrogen-bond acceptors (Lipinski definition) is 8. The van der Waals surface area contributed by atoms with E-state index in [-0.39, 0.29) is 22.5 Å². The number of para-hydroxylation sites is 2. The Hall–Kier alpha value is -6.23. The van der Waals surface area contributed by atoms with E-state index in [0.717, 1.165) is 42.3 Å². The quantitative estimate of drug-likeness (QED) is 0.163. The van der Waals surface area contributed by atoms with E-state index in [1.807, 2.05) is 24.3 Å². The zero-order chi connectivity index (χ0) is 33.5. The molecule has 0 saturated heterocycles. The highest BCUT2D eigenvalue weighted by molar-refractivity contribution is 7.24. The van der Waals surface area contributed by atoms with Crippen LogP contribution in [0.25, 0.3) is 53.4 Å². The SMILES string of the molecule is O=C(O)c1ccnc(-c2cc(C(=O)O)cc(-c3cc(-c4cc5cc6sc(N(c7ccccc7)c7ccccc7)cc6cc5s4)ccn3)n2)c1. The summed E-state index contributed by atoms with van der Waals surface area (Å²) in [5.74, 6) is -2.25. The van der Waals surface area contributed by atoms with Crippen molar-refractivity contribution >= 4 is 71.2 Å². The van der Waals surface area contributed by atoms with Gasteiger partial charge in [0.05, 0.1) is 33.9 Å². The van der Waals surface area contributed by atoms with Crippen LogP contribution in [0.5, 0.6) is 0 Å². The minimum absolute atomic E-state index is 0.00544. The van der Waals surface area contributed by atoms with Crippen molar-refractivity contribution in [1.82, 2.24) is 15.0 Å². The molecule has 0 unspecified atom stereocenters. The number of thiophene rings is 2. The number of carbonyl (C=O) groups is 2. The standard InChI is InChI=1S/C39H24N4O4S2/c44-38(45)24-12-14-41-31(16-24)33-18-27(39(46)47)17-32(42-33)30-15-23(11-13-40-30)34-19-25-20-36-26(21-35(25)48-34)22-37(49-36)43(28-7-3-1-4-8-28)29-9-5-2-6-10-29/h1-22H,(H,44,45)(H,46,47). The number of carboxylic acids is 2. The maximum atomic E-state index is 12.0. The Morgan fingerprint density at radius 2 is 1.10 bits per heavy atom. The lowest BCUT2D eigenvalue weighted by Crippen LogP contribution is -2.07. The molecule has 0 amide bonds. The fourth-order valence-electron chi connectivity index (χ4n) is 5.71. The van der Waals surface area contributed by atoms with Crippen molar-refractivity contribution < 1.29 is 19.8 Å². The molecule has 8 nitrogen and oxygen atoms in total. The first-order chi connectivity index (χ1) is 23.9. The second-order valence-corrected chi connectivity index (χ2v) is 13.4. The number of benzene rings is 3. The van der Waals surface area contributed by atoms with E-state index in [9.17, 15) is 19.8 Å². The van der Waals surface area contributed by atoms with Gasteiger partial charge >= 0.3 is 11.9 Å². The van der Waals surface area contributed by atoms with Gasteiger partial charge < -0.3 is 15.1 Å². The average molecular weight is 677 g/mol. The Labute approximate surface area is 287 Å². The van der Waals surface area contributed by atoms with Crippen LogP contribution in [0.4, 0.5) is 16.4 Å². The third-order valence-electron chi connectivity index (χ3n) is 8.04. The molecule has 8 aromatic rings. The summed E-state index contributed by atoms with van der Waals surface area (Å²) in [7, 11) is 0. The number of hydrogen-bond donors (Lipinski definition) is 2. The summed E-state index contributed by atoms with van der Waals surface area (Å²) in [5, 5.41) is 22.7. The predicted octanol–water partition coefficient (Wildman–Crippen LogP) is 10.2. The zero-order valence-corrected chi connectivity index (χ0v) is 27.2. The lowest BCUT2D eigenvalue weighted by molar-refractivity contribution is 0.0686. The first-order valence-electron chi connectivity index (χ1n) is 15.2. The molecule has 8 rings (SSSR count). The molecule has 0 saturated carbocycles. The maximum absolute atomic E-state index is 12.0. The van der Waals surface area contributed by atoms with Gasteiger partial charge in [0.1, 0.15) is 5.00 Å². The summed E-state index contributed by atoms with van der Waals surface area (Å²) in [6.07, 6.45) is 3.04. The monoisotopic (exact) mass is 676 g/mol. The fourth-order valence-corrected chi connectivity index (χ4v) is 7.94. The minimum atomic E-state index is -1.14. The lowest BCUT2D eigenvalue weighted by atomic mass is 10.1. The summed E-state index contributed by atoms with van der Waals surface area (Å²) in [6, 6.07) is 39.0. The Kier molecular flexibility index (Phi) is 7.64. The number of fused-ring (bicyclic) bond motifs is 2. The van der Waals surface area contributed by atoms with Crippen molar-refractivity contribution in [2.24, 2.45) is 0 Å². The summed E-state index contributed by atoms with van der Waals surface area (Å²) < 4.78 is 2.33. The molecule has 0 radical (unpaired) electrons. The number of rotatable bonds is 8. The number of anilines is 3. The van der Waals surface area contributed by atoms with Crippen LogP contribution in [0.15, 0.2) is 134 Å². The van der Waals surface area contributed by atoms with Gasteiger partial charge in [0, 0.05) is 38.0 Å². The molecule has 0 aliphatic heterocycles. The molecule has 49 heavy (non-hydrogen) atoms. The third-order valence-corrected chi connectivity index (χ3v) is 10.3. The Morgan fingerprint density at radius 3 is 1.73 bits per heavy atom. The van der Waals surface area contributed by atoms with Crippen molar-refractivity contribution in [2.75, 3.05) is 4.90 Å². The van der Waals surface area contributed by atoms with Gasteiger partial charge in [-0.3, -0.25) is 9.97 Å². The van der Waals surface area contributed by atoms with E-state index in [1.165, 1.54) is 35.2 Å². The minimum Gasteiger partial charge on any atom is -0.478 e. The number of nitrogens with zero attached hydrogens (tertiary/aromatic N) is 4. The van der Waals surface area contributed by atoms with Gasteiger partial charge in [0.15, 0.2) is 0 Å². The average Bonchev–Trinajstić information content (AvgIpc) is 3.74. The van der Waals surface area contributed by atoms with Crippen LogP contribution >= 0.6 is 22.7 Å². The predicted molar refractivity (Wildman–Crippen MR) is 196 cm³/mol. The molecule has 2 N–H and O–H groups in total. The van der Waals surface area contributed by atoms with E-state index in [4.69, 9.17) is 0 Å². The van der Waals surface area contributed by atoms with Gasteiger partial charge in [0.2, 0.25) is 0 Å². The topological polar surface area (TPSA) is 117 Å². The van der Waals surface area contributed by atoms with Crippen LogP contribution in [0.2, 0.25) is 0 Å². The number of aromatic nitrogens is 3. The van der Waals surface area contributed by atoms with Crippen LogP contribution < -0.4 is 4.90 Å². The maximum Gasteiger partial charge on any atom is 0.335 e. The molecule has 10 heteroatoms. The highest BCUT2D eigenvalue weighted by atomic mass is 32.1. The van der Waals surface area contributed by atoms with Crippen LogP contribution in [-0.2, 0) is 0 Å². The molecule has 3 aromatic carbocycles. The Bertz CT molecular complexity index is 2440. The summed E-state index contributed by atoms with van der Waals surface area (Å²) in [5.41, 5.74) is 4.46. The molecule has 0 aliphatic rings.